The first kappa shape index (κ1) is 42.2. The van der Waals surface area contributed by atoms with E-state index >= 15 is 0 Å². The second kappa shape index (κ2) is 20.0. The SMILES string of the molecule is CCS[C@@H]1O[C@@H]2CO[C@@H](c3ccccc3)O[C@H]2[C@H](OCc2ccccc2)[C@H]1OCc1cn(-c2ccccc2CO[C@@H]2[C@@H](O)[C@@H](OC)O[C@@H]3CO[C@@H](c4ccccc4)O[C@@H]23)nn1. The standard InChI is InChI=1S/C46H51N3O11S/c1-3-61-46-42(41(52-24-29-15-7-4-8-16-29)39-36(58-46)28-56-44(60-39)31-19-11-6-12-20-31)54-26-33-23-49(48-47-33)34-22-14-13-21-32(34)25-53-40-37(50)45(51-2)57-35-27-55-43(59-38(35)40)30-17-9-5-10-18-30/h4-23,35-46,50H,3,24-28H2,1-2H3/t35-,36-,37-,38-,39-,40-,41+,42-,43-,44-,45+,46+/m1/s1. The minimum atomic E-state index is -1.12. The maximum Gasteiger partial charge on any atom is 0.186 e. The zero-order chi connectivity index (χ0) is 41.5. The Morgan fingerprint density at radius 3 is 1.93 bits per heavy atom. The molecule has 4 aliphatic heterocycles. The number of methoxy groups -OCH3 is 1. The van der Waals surface area contributed by atoms with Crippen molar-refractivity contribution in [2.45, 2.75) is 99.9 Å². The quantitative estimate of drug-likeness (QED) is 0.130. The highest BCUT2D eigenvalue weighted by atomic mass is 32.2. The molecule has 0 saturated carbocycles. The summed E-state index contributed by atoms with van der Waals surface area (Å²) in [6, 6.07) is 37.4. The molecule has 0 amide bonds. The molecule has 4 fully saturated rings. The predicted octanol–water partition coefficient (Wildman–Crippen LogP) is 6.06. The Balaban J connectivity index is 0.911. The lowest BCUT2D eigenvalue weighted by atomic mass is 9.97. The van der Waals surface area contributed by atoms with Crippen LogP contribution in [-0.2, 0) is 67.2 Å². The van der Waals surface area contributed by atoms with Crippen LogP contribution in [0, 0.1) is 0 Å². The van der Waals surface area contributed by atoms with Crippen LogP contribution in [0.1, 0.15) is 47.5 Å². The second-order valence-electron chi connectivity index (χ2n) is 15.2. The van der Waals surface area contributed by atoms with E-state index in [1.54, 1.807) is 16.4 Å². The van der Waals surface area contributed by atoms with Gasteiger partial charge in [0.2, 0.25) is 0 Å². The van der Waals surface area contributed by atoms with E-state index in [1.165, 1.54) is 7.11 Å². The summed E-state index contributed by atoms with van der Waals surface area (Å²) in [4.78, 5) is 0. The molecule has 15 heteroatoms. The van der Waals surface area contributed by atoms with Crippen LogP contribution in [0.5, 0.6) is 0 Å². The fourth-order valence-electron chi connectivity index (χ4n) is 8.19. The average molecular weight is 854 g/mol. The molecule has 14 nitrogen and oxygen atoms in total. The molecule has 9 rings (SSSR count). The summed E-state index contributed by atoms with van der Waals surface area (Å²) in [6.07, 6.45) is -5.08. The van der Waals surface area contributed by atoms with Gasteiger partial charge >= 0.3 is 0 Å². The molecule has 0 aliphatic carbocycles. The van der Waals surface area contributed by atoms with Crippen LogP contribution in [-0.4, -0.2) is 107 Å². The van der Waals surface area contributed by atoms with Gasteiger partial charge in [0.1, 0.15) is 60.0 Å². The maximum absolute atomic E-state index is 11.4. The van der Waals surface area contributed by atoms with Crippen molar-refractivity contribution >= 4 is 11.8 Å². The van der Waals surface area contributed by atoms with Gasteiger partial charge in [-0.3, -0.25) is 0 Å². The van der Waals surface area contributed by atoms with Crippen LogP contribution in [0.15, 0.2) is 121 Å². The van der Waals surface area contributed by atoms with Gasteiger partial charge < -0.3 is 52.5 Å². The number of para-hydroxylation sites is 1. The first-order valence-corrected chi connectivity index (χ1v) is 21.8. The summed E-state index contributed by atoms with van der Waals surface area (Å²) < 4.78 is 65.1. The van der Waals surface area contributed by atoms with E-state index in [1.807, 2.05) is 121 Å². The summed E-state index contributed by atoms with van der Waals surface area (Å²) >= 11 is 1.66. The van der Waals surface area contributed by atoms with Crippen molar-refractivity contribution in [3.8, 4) is 5.69 Å². The van der Waals surface area contributed by atoms with Crippen molar-refractivity contribution in [1.29, 1.82) is 0 Å². The van der Waals surface area contributed by atoms with Crippen LogP contribution >= 0.6 is 11.8 Å². The van der Waals surface area contributed by atoms with E-state index < -0.39 is 61.6 Å². The summed E-state index contributed by atoms with van der Waals surface area (Å²) in [5, 5.41) is 20.4. The first-order valence-electron chi connectivity index (χ1n) is 20.7. The molecular weight excluding hydrogens is 803 g/mol. The molecule has 0 bridgehead atoms. The molecule has 4 aromatic carbocycles. The first-order chi connectivity index (χ1) is 30.1. The molecule has 5 heterocycles. The Morgan fingerprint density at radius 1 is 0.672 bits per heavy atom. The van der Waals surface area contributed by atoms with E-state index in [0.717, 1.165) is 33.7 Å². The number of hydrogen-bond acceptors (Lipinski definition) is 14. The third-order valence-electron chi connectivity index (χ3n) is 11.2. The number of benzene rings is 4. The van der Waals surface area contributed by atoms with E-state index in [0.29, 0.717) is 18.9 Å². The summed E-state index contributed by atoms with van der Waals surface area (Å²) in [7, 11) is 1.49. The minimum absolute atomic E-state index is 0.134. The van der Waals surface area contributed by atoms with Crippen LogP contribution in [0.4, 0.5) is 0 Å². The summed E-state index contributed by atoms with van der Waals surface area (Å²) in [5.74, 6) is 0.808. The number of thioether (sulfide) groups is 1. The van der Waals surface area contributed by atoms with Crippen LogP contribution in [0.25, 0.3) is 5.69 Å². The third-order valence-corrected chi connectivity index (χ3v) is 12.3. The smallest absolute Gasteiger partial charge is 0.186 e. The van der Waals surface area contributed by atoms with Crippen molar-refractivity contribution < 1.29 is 52.5 Å². The van der Waals surface area contributed by atoms with E-state index in [2.05, 4.69) is 17.2 Å². The Morgan fingerprint density at radius 2 is 1.26 bits per heavy atom. The van der Waals surface area contributed by atoms with E-state index in [-0.39, 0.29) is 31.4 Å². The highest BCUT2D eigenvalue weighted by molar-refractivity contribution is 7.99. The molecule has 12 atom stereocenters. The second-order valence-corrected chi connectivity index (χ2v) is 16.6. The molecule has 1 N–H and O–H groups in total. The van der Waals surface area contributed by atoms with Gasteiger partial charge in [-0.15, -0.1) is 16.9 Å². The Labute approximate surface area is 359 Å². The number of rotatable bonds is 15. The molecule has 4 aliphatic rings. The van der Waals surface area contributed by atoms with E-state index in [9.17, 15) is 5.11 Å². The molecule has 4 saturated heterocycles. The minimum Gasteiger partial charge on any atom is -0.385 e. The maximum atomic E-state index is 11.4. The molecule has 0 radical (unpaired) electrons. The highest BCUT2D eigenvalue weighted by Crippen LogP contribution is 2.40. The lowest BCUT2D eigenvalue weighted by molar-refractivity contribution is -0.363. The zero-order valence-corrected chi connectivity index (χ0v) is 34.8. The monoisotopic (exact) mass is 853 g/mol. The number of fused-ring (bicyclic) bond motifs is 2. The Kier molecular flexibility index (Phi) is 13.8. The largest absolute Gasteiger partial charge is 0.385 e. The molecule has 5 aromatic rings. The number of aromatic nitrogens is 3. The fraction of sp³-hybridized carbons (Fsp3) is 0.435. The summed E-state index contributed by atoms with van der Waals surface area (Å²) in [6.45, 7) is 3.36. The van der Waals surface area contributed by atoms with Gasteiger partial charge in [-0.1, -0.05) is 121 Å². The normalized spacial score (nSPS) is 31.3. The highest BCUT2D eigenvalue weighted by Gasteiger charge is 2.52. The topological polar surface area (TPSA) is 143 Å². The molecule has 1 aromatic heterocycles. The van der Waals surface area contributed by atoms with Crippen molar-refractivity contribution in [2.75, 3.05) is 26.1 Å². The number of nitrogens with zero attached hydrogens (tertiary/aromatic N) is 3. The fourth-order valence-corrected chi connectivity index (χ4v) is 9.16. The average Bonchev–Trinajstić information content (AvgIpc) is 3.79. The van der Waals surface area contributed by atoms with E-state index in [4.69, 9.17) is 47.4 Å². The van der Waals surface area contributed by atoms with Crippen molar-refractivity contribution in [2.24, 2.45) is 0 Å². The molecular formula is C46H51N3O11S. The van der Waals surface area contributed by atoms with Gasteiger partial charge in [0.05, 0.1) is 44.9 Å². The number of aliphatic hydroxyl groups excluding tert-OH is 1. The Bertz CT molecular complexity index is 2120. The van der Waals surface area contributed by atoms with Crippen molar-refractivity contribution in [3.63, 3.8) is 0 Å². The molecule has 0 unspecified atom stereocenters. The van der Waals surface area contributed by atoms with Crippen molar-refractivity contribution in [1.82, 2.24) is 15.0 Å². The zero-order valence-electron chi connectivity index (χ0n) is 34.0. The van der Waals surface area contributed by atoms with Gasteiger partial charge in [0.25, 0.3) is 0 Å². The Hall–Kier alpha value is -4.07. The number of hydrogen-bond donors (Lipinski definition) is 1. The van der Waals surface area contributed by atoms with Gasteiger partial charge in [0, 0.05) is 23.8 Å². The molecule has 0 spiro atoms. The number of aliphatic hydroxyl groups is 1. The third kappa shape index (κ3) is 9.64. The number of ether oxygens (including phenoxy) is 10. The lowest BCUT2D eigenvalue weighted by Gasteiger charge is -2.49. The van der Waals surface area contributed by atoms with Gasteiger partial charge in [-0.05, 0) is 17.4 Å². The van der Waals surface area contributed by atoms with Gasteiger partial charge in [0.15, 0.2) is 18.9 Å². The van der Waals surface area contributed by atoms with Crippen LogP contribution in [0.3, 0.4) is 0 Å². The predicted molar refractivity (Wildman–Crippen MR) is 222 cm³/mol. The van der Waals surface area contributed by atoms with Crippen LogP contribution < -0.4 is 0 Å². The molecule has 61 heavy (non-hydrogen) atoms. The van der Waals surface area contributed by atoms with Gasteiger partial charge in [-0.2, -0.15) is 0 Å². The van der Waals surface area contributed by atoms with Crippen molar-refractivity contribution in [3.05, 3.63) is 149 Å². The summed E-state index contributed by atoms with van der Waals surface area (Å²) in [5.41, 5.74) is 4.68. The lowest BCUT2D eigenvalue weighted by Crippen LogP contribution is -2.62. The molecule has 322 valence electrons. The van der Waals surface area contributed by atoms with Gasteiger partial charge in [-0.25, -0.2) is 4.68 Å². The van der Waals surface area contributed by atoms with Crippen LogP contribution in [0.2, 0.25) is 0 Å².